The number of rotatable bonds is 8. The molecule has 8 nitrogen and oxygen atoms in total. The summed E-state index contributed by atoms with van der Waals surface area (Å²) in [6, 6.07) is 13.0. The zero-order valence-corrected chi connectivity index (χ0v) is 20.5. The molecule has 1 amide bonds. The number of piperidine rings is 1. The molecule has 33 heavy (non-hydrogen) atoms. The average molecular weight is 488 g/mol. The topological polar surface area (TPSA) is 97.2 Å². The van der Waals surface area contributed by atoms with Gasteiger partial charge in [-0.15, -0.1) is 16.9 Å². The first kappa shape index (κ1) is 23.7. The van der Waals surface area contributed by atoms with Crippen molar-refractivity contribution in [3.8, 4) is 0 Å². The molecule has 0 bridgehead atoms. The second-order valence-electron chi connectivity index (χ2n) is 8.23. The van der Waals surface area contributed by atoms with E-state index in [-0.39, 0.29) is 23.3 Å². The van der Waals surface area contributed by atoms with Crippen LogP contribution in [-0.4, -0.2) is 53.0 Å². The summed E-state index contributed by atoms with van der Waals surface area (Å²) in [6.45, 7) is 3.80. The van der Waals surface area contributed by atoms with E-state index in [1.165, 1.54) is 9.20 Å². The molecule has 2 aromatic carbocycles. The van der Waals surface area contributed by atoms with Crippen LogP contribution in [0.25, 0.3) is 11.0 Å². The van der Waals surface area contributed by atoms with Crippen molar-refractivity contribution >= 4 is 38.7 Å². The first-order valence-electron chi connectivity index (χ1n) is 11.2. The molecule has 1 aromatic heterocycles. The van der Waals surface area contributed by atoms with Crippen molar-refractivity contribution in [3.63, 3.8) is 0 Å². The molecule has 2 heterocycles. The molecule has 10 heteroatoms. The molecule has 0 unspecified atom stereocenters. The maximum Gasteiger partial charge on any atom is 0.243 e. The van der Waals surface area contributed by atoms with E-state index in [0.29, 0.717) is 31.4 Å². The van der Waals surface area contributed by atoms with Crippen molar-refractivity contribution in [1.82, 2.24) is 24.6 Å². The van der Waals surface area contributed by atoms with E-state index < -0.39 is 10.0 Å². The predicted molar refractivity (Wildman–Crippen MR) is 129 cm³/mol. The summed E-state index contributed by atoms with van der Waals surface area (Å²) >= 11 is 1.67. The van der Waals surface area contributed by atoms with Crippen molar-refractivity contribution in [2.45, 2.75) is 49.1 Å². The van der Waals surface area contributed by atoms with Crippen LogP contribution in [0.5, 0.6) is 0 Å². The zero-order chi connectivity index (χ0) is 23.4. The van der Waals surface area contributed by atoms with Gasteiger partial charge in [0.25, 0.3) is 0 Å². The van der Waals surface area contributed by atoms with Gasteiger partial charge in [-0.1, -0.05) is 24.3 Å². The largest absolute Gasteiger partial charge is 0.352 e. The number of benzene rings is 2. The van der Waals surface area contributed by atoms with Gasteiger partial charge in [0.1, 0.15) is 5.52 Å². The molecule has 3 aromatic rings. The number of aromatic nitrogens is 3. The van der Waals surface area contributed by atoms with Gasteiger partial charge in [0.2, 0.25) is 15.9 Å². The minimum absolute atomic E-state index is 0.109. The Morgan fingerprint density at radius 3 is 2.73 bits per heavy atom. The maximum atomic E-state index is 13.3. The number of hydrogen-bond donors (Lipinski definition) is 1. The van der Waals surface area contributed by atoms with Crippen LogP contribution in [0.4, 0.5) is 0 Å². The second kappa shape index (κ2) is 10.2. The predicted octanol–water partition coefficient (Wildman–Crippen LogP) is 3.28. The van der Waals surface area contributed by atoms with Crippen molar-refractivity contribution in [2.75, 3.05) is 19.3 Å². The normalized spacial score (nSPS) is 17.3. The van der Waals surface area contributed by atoms with Gasteiger partial charge in [-0.2, -0.15) is 4.31 Å². The summed E-state index contributed by atoms with van der Waals surface area (Å²) in [6.07, 6.45) is 4.26. The van der Waals surface area contributed by atoms with Crippen LogP contribution in [0, 0.1) is 5.92 Å². The summed E-state index contributed by atoms with van der Waals surface area (Å²) in [4.78, 5) is 14.1. The quantitative estimate of drug-likeness (QED) is 0.490. The van der Waals surface area contributed by atoms with Crippen LogP contribution in [0.1, 0.15) is 31.7 Å². The number of fused-ring (bicyclic) bond motifs is 1. The molecule has 0 saturated carbocycles. The van der Waals surface area contributed by atoms with E-state index in [1.54, 1.807) is 34.6 Å². The van der Waals surface area contributed by atoms with Gasteiger partial charge in [-0.25, -0.2) is 13.1 Å². The molecule has 1 fully saturated rings. The first-order chi connectivity index (χ1) is 15.9. The van der Waals surface area contributed by atoms with Crippen molar-refractivity contribution in [1.29, 1.82) is 0 Å². The second-order valence-corrected chi connectivity index (χ2v) is 11.0. The van der Waals surface area contributed by atoms with E-state index in [4.69, 9.17) is 0 Å². The Labute approximate surface area is 198 Å². The monoisotopic (exact) mass is 487 g/mol. The van der Waals surface area contributed by atoms with Gasteiger partial charge in [0.15, 0.2) is 0 Å². The Morgan fingerprint density at radius 2 is 2.00 bits per heavy atom. The molecular formula is C23H29N5O3S2. The van der Waals surface area contributed by atoms with Crippen LogP contribution >= 0.6 is 11.8 Å². The van der Waals surface area contributed by atoms with E-state index in [9.17, 15) is 13.2 Å². The number of amides is 1. The molecule has 0 aliphatic carbocycles. The minimum Gasteiger partial charge on any atom is -0.352 e. The Bertz CT molecular complexity index is 1220. The fourth-order valence-corrected chi connectivity index (χ4v) is 6.04. The SMILES string of the molecule is CCCn1nnc2cc(S(=O)(=O)N3CCC[C@H](C(=O)NCc4ccc(SC)cc4)C3)ccc21. The number of aryl methyl sites for hydroxylation is 1. The lowest BCUT2D eigenvalue weighted by molar-refractivity contribution is -0.126. The fraction of sp³-hybridized carbons (Fsp3) is 0.435. The summed E-state index contributed by atoms with van der Waals surface area (Å²) in [5.41, 5.74) is 2.39. The van der Waals surface area contributed by atoms with Crippen molar-refractivity contribution in [2.24, 2.45) is 5.92 Å². The third kappa shape index (κ3) is 5.23. The number of carbonyl (C=O) groups is 1. The van der Waals surface area contributed by atoms with Crippen molar-refractivity contribution < 1.29 is 13.2 Å². The molecule has 1 aliphatic rings. The van der Waals surface area contributed by atoms with Crippen LogP contribution in [-0.2, 0) is 27.9 Å². The highest BCUT2D eigenvalue weighted by Gasteiger charge is 2.33. The highest BCUT2D eigenvalue weighted by molar-refractivity contribution is 7.98. The molecule has 1 N–H and O–H groups in total. The maximum absolute atomic E-state index is 13.3. The van der Waals surface area contributed by atoms with E-state index >= 15 is 0 Å². The summed E-state index contributed by atoms with van der Waals surface area (Å²) < 4.78 is 29.8. The number of nitrogens with one attached hydrogen (secondary N) is 1. The molecule has 1 atom stereocenters. The van der Waals surface area contributed by atoms with Gasteiger partial charge < -0.3 is 5.32 Å². The third-order valence-corrected chi connectivity index (χ3v) is 8.54. The van der Waals surface area contributed by atoms with Crippen molar-refractivity contribution in [3.05, 3.63) is 48.0 Å². The lowest BCUT2D eigenvalue weighted by Gasteiger charge is -2.31. The Kier molecular flexibility index (Phi) is 7.35. The first-order valence-corrected chi connectivity index (χ1v) is 13.8. The van der Waals surface area contributed by atoms with Gasteiger partial charge >= 0.3 is 0 Å². The lowest BCUT2D eigenvalue weighted by atomic mass is 9.99. The van der Waals surface area contributed by atoms with Gasteiger partial charge in [0.05, 0.1) is 16.3 Å². The average Bonchev–Trinajstić information content (AvgIpc) is 3.25. The molecule has 0 spiro atoms. The summed E-state index contributed by atoms with van der Waals surface area (Å²) in [7, 11) is -3.72. The third-order valence-electron chi connectivity index (χ3n) is 5.94. The molecule has 176 valence electrons. The number of hydrogen-bond acceptors (Lipinski definition) is 6. The van der Waals surface area contributed by atoms with Crippen LogP contribution < -0.4 is 5.32 Å². The molecule has 1 aliphatic heterocycles. The van der Waals surface area contributed by atoms with Gasteiger partial charge in [-0.05, 0) is 61.4 Å². The smallest absolute Gasteiger partial charge is 0.243 e. The Morgan fingerprint density at radius 1 is 1.21 bits per heavy atom. The zero-order valence-electron chi connectivity index (χ0n) is 18.9. The molecule has 0 radical (unpaired) electrons. The van der Waals surface area contributed by atoms with Gasteiger partial charge in [-0.3, -0.25) is 4.79 Å². The Hall–Kier alpha value is -2.43. The van der Waals surface area contributed by atoms with Crippen LogP contribution in [0.15, 0.2) is 52.3 Å². The summed E-state index contributed by atoms with van der Waals surface area (Å²) in [5, 5.41) is 11.2. The minimum atomic E-state index is -3.72. The molecule has 4 rings (SSSR count). The van der Waals surface area contributed by atoms with E-state index in [1.807, 2.05) is 30.5 Å². The number of carbonyl (C=O) groups excluding carboxylic acids is 1. The standard InChI is InChI=1S/C23H29N5O3S2/c1-3-12-28-22-11-10-20(14-21(22)25-26-28)33(30,31)27-13-4-5-18(16-27)23(29)24-15-17-6-8-19(32-2)9-7-17/h6-11,14,18H,3-5,12-13,15-16H2,1-2H3,(H,24,29)/t18-/m0/s1. The number of sulfonamides is 1. The van der Waals surface area contributed by atoms with Crippen LogP contribution in [0.2, 0.25) is 0 Å². The highest BCUT2D eigenvalue weighted by atomic mass is 32.2. The summed E-state index contributed by atoms with van der Waals surface area (Å²) in [5.74, 6) is -0.477. The van der Waals surface area contributed by atoms with E-state index in [0.717, 1.165) is 24.0 Å². The molecule has 1 saturated heterocycles. The van der Waals surface area contributed by atoms with E-state index in [2.05, 4.69) is 22.6 Å². The Balaban J connectivity index is 1.43. The highest BCUT2D eigenvalue weighted by Crippen LogP contribution is 2.26. The number of thioether (sulfide) groups is 1. The fourth-order valence-electron chi connectivity index (χ4n) is 4.09. The number of nitrogens with zero attached hydrogens (tertiary/aromatic N) is 4. The van der Waals surface area contributed by atoms with Gasteiger partial charge in [0, 0.05) is 31.1 Å². The van der Waals surface area contributed by atoms with Crippen LogP contribution in [0.3, 0.4) is 0 Å². The molecular weight excluding hydrogens is 458 g/mol. The lowest BCUT2D eigenvalue weighted by Crippen LogP contribution is -2.45.